The summed E-state index contributed by atoms with van der Waals surface area (Å²) in [5.74, 6) is 0. The quantitative estimate of drug-likeness (QED) is 0.477. The van der Waals surface area contributed by atoms with Crippen LogP contribution in [0, 0.1) is 13.8 Å². The Morgan fingerprint density at radius 2 is 0.967 bits per heavy atom. The van der Waals surface area contributed by atoms with Gasteiger partial charge in [-0.2, -0.15) is 30.8 Å². The molecule has 0 bridgehead atoms. The average Bonchev–Trinajstić information content (AvgIpc) is 3.44. The van der Waals surface area contributed by atoms with Crippen LogP contribution < -0.4 is 0 Å². The van der Waals surface area contributed by atoms with Crippen LogP contribution in [0.4, 0.5) is 0 Å². The van der Waals surface area contributed by atoms with Crippen LogP contribution in [0.5, 0.6) is 0 Å². The minimum Gasteiger partial charge on any atom is -0.251 e. The Morgan fingerprint density at radius 3 is 1.43 bits per heavy atom. The molecule has 0 aliphatic rings. The van der Waals surface area contributed by atoms with Crippen molar-refractivity contribution in [1.82, 2.24) is 40.8 Å². The second-order valence-corrected chi connectivity index (χ2v) is 6.95. The van der Waals surface area contributed by atoms with Crippen LogP contribution in [0.2, 0.25) is 0 Å². The minimum atomic E-state index is 0.705. The molecular formula is C22H18N8. The Kier molecular flexibility index (Phi) is 4.36. The van der Waals surface area contributed by atoms with Gasteiger partial charge in [-0.1, -0.05) is 30.3 Å². The van der Waals surface area contributed by atoms with Crippen LogP contribution in [-0.2, 0) is 0 Å². The van der Waals surface area contributed by atoms with Gasteiger partial charge in [0, 0.05) is 22.5 Å². The Bertz CT molecular complexity index is 1240. The number of nitrogens with one attached hydrogen (secondary N) is 2. The first kappa shape index (κ1) is 17.9. The molecule has 0 radical (unpaired) electrons. The Hall–Kier alpha value is -4.20. The van der Waals surface area contributed by atoms with E-state index in [0.717, 1.165) is 45.3 Å². The molecule has 0 saturated carbocycles. The van der Waals surface area contributed by atoms with Gasteiger partial charge >= 0.3 is 0 Å². The van der Waals surface area contributed by atoms with E-state index in [1.165, 1.54) is 0 Å². The lowest BCUT2D eigenvalue weighted by atomic mass is 10.0. The molecule has 4 heterocycles. The molecule has 5 rings (SSSR count). The van der Waals surface area contributed by atoms with Gasteiger partial charge in [0.05, 0.1) is 11.4 Å². The standard InChI is InChI=1S/C22H18N8/c1-13-6-3-10-17(23-13)21-19(25-29-27-21)15-8-5-9-16(12-15)20-22(28-30-26-20)18-11-4-7-14(2)24-18/h3-12H,1-2H3,(H,25,27,29)(H,26,28,30). The third-order valence-corrected chi connectivity index (χ3v) is 4.77. The highest BCUT2D eigenvalue weighted by molar-refractivity contribution is 5.81. The number of pyridine rings is 2. The van der Waals surface area contributed by atoms with Gasteiger partial charge in [-0.05, 0) is 44.2 Å². The SMILES string of the molecule is Cc1cccc(-c2n[nH]nc2-c2cccc(-c3n[nH]nc3-c3cccc(C)n3)c2)n1. The number of benzene rings is 1. The monoisotopic (exact) mass is 394 g/mol. The predicted molar refractivity (Wildman–Crippen MR) is 113 cm³/mol. The molecule has 30 heavy (non-hydrogen) atoms. The third kappa shape index (κ3) is 3.24. The van der Waals surface area contributed by atoms with Gasteiger partial charge in [0.2, 0.25) is 0 Å². The third-order valence-electron chi connectivity index (χ3n) is 4.77. The van der Waals surface area contributed by atoms with Gasteiger partial charge < -0.3 is 0 Å². The molecule has 4 aromatic heterocycles. The van der Waals surface area contributed by atoms with E-state index in [1.807, 2.05) is 74.5 Å². The number of aryl methyl sites for hydroxylation is 2. The molecule has 0 aliphatic heterocycles. The predicted octanol–water partition coefficient (Wildman–Crippen LogP) is 4.00. The zero-order chi connectivity index (χ0) is 20.5. The van der Waals surface area contributed by atoms with Gasteiger partial charge in [0.1, 0.15) is 22.8 Å². The number of rotatable bonds is 4. The first-order chi connectivity index (χ1) is 14.7. The summed E-state index contributed by atoms with van der Waals surface area (Å²) < 4.78 is 0. The van der Waals surface area contributed by atoms with Crippen molar-refractivity contribution in [3.05, 3.63) is 72.1 Å². The van der Waals surface area contributed by atoms with Crippen molar-refractivity contribution in [2.45, 2.75) is 13.8 Å². The fraction of sp³-hybridized carbons (Fsp3) is 0.0909. The van der Waals surface area contributed by atoms with Crippen molar-refractivity contribution in [1.29, 1.82) is 0 Å². The van der Waals surface area contributed by atoms with Crippen LogP contribution in [0.1, 0.15) is 11.4 Å². The fourth-order valence-corrected chi connectivity index (χ4v) is 3.39. The smallest absolute Gasteiger partial charge is 0.139 e. The van der Waals surface area contributed by atoms with Crippen LogP contribution in [0.15, 0.2) is 60.7 Å². The lowest BCUT2D eigenvalue weighted by Crippen LogP contribution is -1.91. The summed E-state index contributed by atoms with van der Waals surface area (Å²) in [7, 11) is 0. The number of H-pyrrole nitrogens is 2. The van der Waals surface area contributed by atoms with Crippen LogP contribution >= 0.6 is 0 Å². The van der Waals surface area contributed by atoms with Crippen molar-refractivity contribution >= 4 is 0 Å². The molecule has 0 fully saturated rings. The molecule has 8 heteroatoms. The zero-order valence-electron chi connectivity index (χ0n) is 16.5. The molecule has 8 nitrogen and oxygen atoms in total. The highest BCUT2D eigenvalue weighted by Crippen LogP contribution is 2.32. The highest BCUT2D eigenvalue weighted by Gasteiger charge is 2.17. The Balaban J connectivity index is 1.58. The van der Waals surface area contributed by atoms with Crippen LogP contribution in [0.25, 0.3) is 45.3 Å². The molecule has 0 atom stereocenters. The summed E-state index contributed by atoms with van der Waals surface area (Å²) in [6, 6.07) is 19.7. The summed E-state index contributed by atoms with van der Waals surface area (Å²) in [6.07, 6.45) is 0. The molecule has 1 aromatic carbocycles. The maximum atomic E-state index is 4.58. The molecule has 2 N–H and O–H groups in total. The number of aromatic amines is 2. The molecule has 0 saturated heterocycles. The summed E-state index contributed by atoms with van der Waals surface area (Å²) in [5, 5.41) is 22.9. The van der Waals surface area contributed by atoms with Crippen molar-refractivity contribution in [3.63, 3.8) is 0 Å². The van der Waals surface area contributed by atoms with Crippen molar-refractivity contribution in [2.75, 3.05) is 0 Å². The van der Waals surface area contributed by atoms with Crippen molar-refractivity contribution < 1.29 is 0 Å². The normalized spacial score (nSPS) is 11.0. The molecule has 146 valence electrons. The van der Waals surface area contributed by atoms with E-state index in [1.54, 1.807) is 0 Å². The Morgan fingerprint density at radius 1 is 0.533 bits per heavy atom. The van der Waals surface area contributed by atoms with Gasteiger partial charge in [-0.15, -0.1) is 0 Å². The van der Waals surface area contributed by atoms with E-state index in [0.29, 0.717) is 11.4 Å². The van der Waals surface area contributed by atoms with Crippen molar-refractivity contribution in [2.24, 2.45) is 0 Å². The number of aromatic nitrogens is 8. The summed E-state index contributed by atoms with van der Waals surface area (Å²) in [6.45, 7) is 3.91. The lowest BCUT2D eigenvalue weighted by Gasteiger charge is -2.05. The first-order valence-corrected chi connectivity index (χ1v) is 9.49. The van der Waals surface area contributed by atoms with Crippen LogP contribution in [0.3, 0.4) is 0 Å². The summed E-state index contributed by atoms with van der Waals surface area (Å²) in [5.41, 5.74) is 8.08. The van der Waals surface area contributed by atoms with Gasteiger partial charge in [-0.3, -0.25) is 9.97 Å². The summed E-state index contributed by atoms with van der Waals surface area (Å²) in [4.78, 5) is 9.16. The second-order valence-electron chi connectivity index (χ2n) is 6.95. The van der Waals surface area contributed by atoms with E-state index in [9.17, 15) is 0 Å². The van der Waals surface area contributed by atoms with E-state index >= 15 is 0 Å². The van der Waals surface area contributed by atoms with E-state index in [-0.39, 0.29) is 0 Å². The van der Waals surface area contributed by atoms with Gasteiger partial charge in [-0.25, -0.2) is 0 Å². The molecular weight excluding hydrogens is 376 g/mol. The molecule has 0 amide bonds. The zero-order valence-corrected chi connectivity index (χ0v) is 16.5. The first-order valence-electron chi connectivity index (χ1n) is 9.49. The summed E-state index contributed by atoms with van der Waals surface area (Å²) >= 11 is 0. The number of hydrogen-bond acceptors (Lipinski definition) is 6. The molecule has 0 aliphatic carbocycles. The lowest BCUT2D eigenvalue weighted by molar-refractivity contribution is 0.941. The number of nitrogens with zero attached hydrogens (tertiary/aromatic N) is 6. The molecule has 0 unspecified atom stereocenters. The van der Waals surface area contributed by atoms with E-state index < -0.39 is 0 Å². The minimum absolute atomic E-state index is 0.705. The van der Waals surface area contributed by atoms with Crippen LogP contribution in [-0.4, -0.2) is 40.8 Å². The molecule has 5 aromatic rings. The maximum Gasteiger partial charge on any atom is 0.139 e. The highest BCUT2D eigenvalue weighted by atomic mass is 15.3. The maximum absolute atomic E-state index is 4.58. The van der Waals surface area contributed by atoms with E-state index in [2.05, 4.69) is 40.8 Å². The molecule has 0 spiro atoms. The van der Waals surface area contributed by atoms with E-state index in [4.69, 9.17) is 0 Å². The largest absolute Gasteiger partial charge is 0.251 e. The van der Waals surface area contributed by atoms with Crippen molar-refractivity contribution in [3.8, 4) is 45.3 Å². The second kappa shape index (κ2) is 7.32. The average molecular weight is 394 g/mol. The number of hydrogen-bond donors (Lipinski definition) is 2. The topological polar surface area (TPSA) is 109 Å². The van der Waals surface area contributed by atoms with Gasteiger partial charge in [0.25, 0.3) is 0 Å². The van der Waals surface area contributed by atoms with Gasteiger partial charge in [0.15, 0.2) is 0 Å². The Labute approximate surface area is 172 Å². The fourth-order valence-electron chi connectivity index (χ4n) is 3.39.